The molecule has 4 atom stereocenters. The number of aromatic nitrogens is 2. The molecular formula is C21H25N3O2. The fourth-order valence-electron chi connectivity index (χ4n) is 6.14. The molecule has 5 heteroatoms. The molecule has 5 nitrogen and oxygen atoms in total. The molecule has 1 amide bonds. The van der Waals surface area contributed by atoms with E-state index in [0.717, 1.165) is 37.7 Å². The van der Waals surface area contributed by atoms with E-state index < -0.39 is 0 Å². The fraction of sp³-hybridized carbons (Fsp3) is 0.524. The smallest absolute Gasteiger partial charge is 0.271 e. The van der Waals surface area contributed by atoms with Gasteiger partial charge in [-0.15, -0.1) is 0 Å². The maximum Gasteiger partial charge on any atom is 0.271 e. The molecule has 0 spiro atoms. The first-order valence-electron chi connectivity index (χ1n) is 9.64. The fourth-order valence-corrected chi connectivity index (χ4v) is 6.14. The Morgan fingerprint density at radius 1 is 1.38 bits per heavy atom. The molecule has 26 heavy (non-hydrogen) atoms. The number of phenolic OH excluding ortho intramolecular Hbond substituents is 1. The topological polar surface area (TPSA) is 78.0 Å². The van der Waals surface area contributed by atoms with Crippen LogP contribution in [-0.2, 0) is 18.3 Å². The molecule has 1 fully saturated rings. The molecule has 0 bridgehead atoms. The van der Waals surface area contributed by atoms with Gasteiger partial charge < -0.3 is 10.4 Å². The highest BCUT2D eigenvalue weighted by molar-refractivity contribution is 5.94. The molecule has 3 aliphatic rings. The van der Waals surface area contributed by atoms with Crippen LogP contribution < -0.4 is 5.32 Å². The molecular weight excluding hydrogens is 326 g/mol. The first kappa shape index (κ1) is 15.9. The average molecular weight is 351 g/mol. The standard InChI is InChI=1S/C21H25N3O2/c1-21-8-7-14-13-6-4-12(25)9-11(13)3-5-15(14)17(21)10-16-18(20(26)22-2)23-24-19(16)21/h4,6,9,14-15,17,25H,3,5,7-8,10H2,1-2H3,(H,22,26)(H,23,24)/t14-,15-,17+,21+/m1/s1. The number of nitrogens with one attached hydrogen (secondary N) is 2. The molecule has 0 aliphatic heterocycles. The lowest BCUT2D eigenvalue weighted by Gasteiger charge is -2.49. The van der Waals surface area contributed by atoms with Gasteiger partial charge >= 0.3 is 0 Å². The zero-order valence-corrected chi connectivity index (χ0v) is 15.3. The van der Waals surface area contributed by atoms with Crippen LogP contribution in [0.15, 0.2) is 18.2 Å². The van der Waals surface area contributed by atoms with Gasteiger partial charge in [0.1, 0.15) is 5.75 Å². The molecule has 0 unspecified atom stereocenters. The largest absolute Gasteiger partial charge is 0.508 e. The van der Waals surface area contributed by atoms with Crippen molar-refractivity contribution in [1.29, 1.82) is 0 Å². The Morgan fingerprint density at radius 2 is 2.23 bits per heavy atom. The lowest BCUT2D eigenvalue weighted by atomic mass is 9.55. The molecule has 5 rings (SSSR count). The summed E-state index contributed by atoms with van der Waals surface area (Å²) in [5.74, 6) is 2.03. The van der Waals surface area contributed by atoms with Crippen LogP contribution in [0.5, 0.6) is 5.75 Å². The second-order valence-electron chi connectivity index (χ2n) is 8.46. The Balaban J connectivity index is 1.53. The van der Waals surface area contributed by atoms with E-state index in [-0.39, 0.29) is 11.3 Å². The molecule has 1 heterocycles. The number of amides is 1. The van der Waals surface area contributed by atoms with Gasteiger partial charge in [-0.25, -0.2) is 0 Å². The zero-order chi connectivity index (χ0) is 18.1. The van der Waals surface area contributed by atoms with Gasteiger partial charge in [-0.2, -0.15) is 5.10 Å². The minimum Gasteiger partial charge on any atom is -0.508 e. The van der Waals surface area contributed by atoms with Crippen molar-refractivity contribution >= 4 is 5.91 Å². The Labute approximate surface area is 153 Å². The van der Waals surface area contributed by atoms with Gasteiger partial charge in [0.25, 0.3) is 5.91 Å². The normalized spacial score (nSPS) is 31.5. The first-order valence-corrected chi connectivity index (χ1v) is 9.64. The third-order valence-electron chi connectivity index (χ3n) is 7.40. The van der Waals surface area contributed by atoms with Crippen LogP contribution in [0.25, 0.3) is 0 Å². The average Bonchev–Trinajstić information content (AvgIpc) is 3.18. The highest BCUT2D eigenvalue weighted by Crippen LogP contribution is 2.60. The molecule has 1 saturated carbocycles. The maximum absolute atomic E-state index is 12.2. The summed E-state index contributed by atoms with van der Waals surface area (Å²) in [5, 5.41) is 20.1. The molecule has 1 aromatic heterocycles. The van der Waals surface area contributed by atoms with Gasteiger partial charge in [0, 0.05) is 23.7 Å². The van der Waals surface area contributed by atoms with Crippen molar-refractivity contribution in [3.8, 4) is 5.75 Å². The molecule has 3 N–H and O–H groups in total. The van der Waals surface area contributed by atoms with Crippen LogP contribution in [-0.4, -0.2) is 28.3 Å². The summed E-state index contributed by atoms with van der Waals surface area (Å²) in [5.41, 5.74) is 5.74. The van der Waals surface area contributed by atoms with Gasteiger partial charge in [0.2, 0.25) is 0 Å². The zero-order valence-electron chi connectivity index (χ0n) is 15.3. The number of rotatable bonds is 1. The highest BCUT2D eigenvalue weighted by Gasteiger charge is 2.54. The number of phenols is 1. The van der Waals surface area contributed by atoms with Gasteiger partial charge in [-0.3, -0.25) is 9.89 Å². The summed E-state index contributed by atoms with van der Waals surface area (Å²) in [6.45, 7) is 2.36. The number of hydrogen-bond acceptors (Lipinski definition) is 3. The summed E-state index contributed by atoms with van der Waals surface area (Å²) < 4.78 is 0. The number of benzene rings is 1. The van der Waals surface area contributed by atoms with Gasteiger partial charge in [0.15, 0.2) is 5.69 Å². The number of aromatic hydroxyl groups is 1. The molecule has 3 aliphatic carbocycles. The summed E-state index contributed by atoms with van der Waals surface area (Å²) in [6, 6.07) is 5.92. The van der Waals surface area contributed by atoms with E-state index in [1.165, 1.54) is 16.8 Å². The number of H-pyrrole nitrogens is 1. The van der Waals surface area contributed by atoms with E-state index in [4.69, 9.17) is 0 Å². The number of aromatic amines is 1. The minimum absolute atomic E-state index is 0.0875. The van der Waals surface area contributed by atoms with Gasteiger partial charge in [0.05, 0.1) is 0 Å². The lowest BCUT2D eigenvalue weighted by molar-refractivity contribution is 0.0948. The van der Waals surface area contributed by atoms with Crippen molar-refractivity contribution in [2.24, 2.45) is 11.8 Å². The van der Waals surface area contributed by atoms with Gasteiger partial charge in [-0.1, -0.05) is 13.0 Å². The van der Waals surface area contributed by atoms with E-state index in [9.17, 15) is 9.90 Å². The molecule has 1 aromatic carbocycles. The monoisotopic (exact) mass is 351 g/mol. The predicted molar refractivity (Wildman–Crippen MR) is 98.4 cm³/mol. The molecule has 2 aromatic rings. The van der Waals surface area contributed by atoms with E-state index in [0.29, 0.717) is 29.2 Å². The Morgan fingerprint density at radius 3 is 3.04 bits per heavy atom. The molecule has 0 saturated heterocycles. The lowest BCUT2D eigenvalue weighted by Crippen LogP contribution is -2.43. The number of aryl methyl sites for hydroxylation is 1. The van der Waals surface area contributed by atoms with Crippen LogP contribution >= 0.6 is 0 Å². The summed E-state index contributed by atoms with van der Waals surface area (Å²) >= 11 is 0. The third kappa shape index (κ3) is 1.97. The van der Waals surface area contributed by atoms with Crippen molar-refractivity contribution < 1.29 is 9.90 Å². The van der Waals surface area contributed by atoms with Crippen molar-refractivity contribution in [2.45, 2.75) is 50.4 Å². The van der Waals surface area contributed by atoms with E-state index >= 15 is 0 Å². The number of carbonyl (C=O) groups excluding carboxylic acids is 1. The Hall–Kier alpha value is -2.30. The summed E-state index contributed by atoms with van der Waals surface area (Å²) in [4.78, 5) is 12.2. The van der Waals surface area contributed by atoms with Crippen molar-refractivity contribution in [2.75, 3.05) is 7.05 Å². The first-order chi connectivity index (χ1) is 12.5. The SMILES string of the molecule is CNC(=O)c1n[nH]c2c1C[C@H]1[C@@H]3CCc4cc(O)ccc4[C@H]3CC[C@]21C. The summed E-state index contributed by atoms with van der Waals surface area (Å²) in [7, 11) is 1.66. The summed E-state index contributed by atoms with van der Waals surface area (Å²) in [6.07, 6.45) is 5.41. The van der Waals surface area contributed by atoms with E-state index in [1.807, 2.05) is 12.1 Å². The highest BCUT2D eigenvalue weighted by atomic mass is 16.3. The van der Waals surface area contributed by atoms with Crippen molar-refractivity contribution in [3.63, 3.8) is 0 Å². The van der Waals surface area contributed by atoms with Crippen LogP contribution in [0.1, 0.15) is 65.0 Å². The second-order valence-corrected chi connectivity index (χ2v) is 8.46. The Kier molecular flexibility index (Phi) is 3.27. The predicted octanol–water partition coefficient (Wildman–Crippen LogP) is 3.04. The maximum atomic E-state index is 12.2. The minimum atomic E-state index is -0.0919. The van der Waals surface area contributed by atoms with Crippen LogP contribution in [0, 0.1) is 11.8 Å². The number of carbonyl (C=O) groups is 1. The van der Waals surface area contributed by atoms with Crippen LogP contribution in [0.2, 0.25) is 0 Å². The number of nitrogens with zero attached hydrogens (tertiary/aromatic N) is 1. The van der Waals surface area contributed by atoms with E-state index in [2.05, 4.69) is 28.5 Å². The molecule has 0 radical (unpaired) electrons. The van der Waals surface area contributed by atoms with Crippen molar-refractivity contribution in [3.05, 3.63) is 46.3 Å². The second kappa shape index (κ2) is 5.35. The number of hydrogen-bond donors (Lipinski definition) is 3. The Bertz CT molecular complexity index is 903. The van der Waals surface area contributed by atoms with E-state index in [1.54, 1.807) is 7.05 Å². The molecule has 136 valence electrons. The third-order valence-corrected chi connectivity index (χ3v) is 7.40. The van der Waals surface area contributed by atoms with Crippen LogP contribution in [0.3, 0.4) is 0 Å². The number of fused-ring (bicyclic) bond motifs is 7. The van der Waals surface area contributed by atoms with Crippen LogP contribution in [0.4, 0.5) is 0 Å². The van der Waals surface area contributed by atoms with Crippen molar-refractivity contribution in [1.82, 2.24) is 15.5 Å². The van der Waals surface area contributed by atoms with Gasteiger partial charge in [-0.05, 0) is 73.1 Å². The quantitative estimate of drug-likeness (QED) is 0.739.